The van der Waals surface area contributed by atoms with E-state index in [9.17, 15) is 27.6 Å². The van der Waals surface area contributed by atoms with Crippen LogP contribution in [0.15, 0.2) is 73.1 Å². The topological polar surface area (TPSA) is 82.6 Å². The second kappa shape index (κ2) is 10.7. The van der Waals surface area contributed by atoms with Gasteiger partial charge in [0.1, 0.15) is 17.9 Å². The van der Waals surface area contributed by atoms with E-state index in [2.05, 4.69) is 10.3 Å². The molecule has 2 heterocycles. The summed E-state index contributed by atoms with van der Waals surface area (Å²) in [5, 5.41) is 2.75. The molecule has 2 atom stereocenters. The van der Waals surface area contributed by atoms with Crippen LogP contribution in [0.1, 0.15) is 37.3 Å². The molecule has 3 aromatic rings. The van der Waals surface area contributed by atoms with E-state index in [0.29, 0.717) is 5.69 Å². The first-order valence-electron chi connectivity index (χ1n) is 12.4. The lowest BCUT2D eigenvalue weighted by Gasteiger charge is -2.39. The van der Waals surface area contributed by atoms with Crippen LogP contribution in [0.25, 0.3) is 0 Å². The fraction of sp³-hybridized carbons (Fsp3) is 0.286. The van der Waals surface area contributed by atoms with Gasteiger partial charge < -0.3 is 5.32 Å². The maximum absolute atomic E-state index is 14.5. The highest BCUT2D eigenvalue weighted by molar-refractivity contribution is 6.31. The van der Waals surface area contributed by atoms with Gasteiger partial charge in [0.2, 0.25) is 11.8 Å². The Morgan fingerprint density at radius 1 is 1.10 bits per heavy atom. The summed E-state index contributed by atoms with van der Waals surface area (Å²) in [5.41, 5.74) is 0.662. The Morgan fingerprint density at radius 2 is 1.87 bits per heavy atom. The van der Waals surface area contributed by atoms with Gasteiger partial charge in [-0.05, 0) is 42.8 Å². The molecule has 1 saturated carbocycles. The number of alkyl halides is 2. The maximum atomic E-state index is 14.5. The fourth-order valence-corrected chi connectivity index (χ4v) is 5.30. The molecule has 0 radical (unpaired) electrons. The quantitative estimate of drug-likeness (QED) is 0.441. The van der Waals surface area contributed by atoms with Crippen LogP contribution in [-0.2, 0) is 14.4 Å². The van der Waals surface area contributed by atoms with Crippen LogP contribution in [0, 0.1) is 5.82 Å². The highest BCUT2D eigenvalue weighted by atomic mass is 35.5. The van der Waals surface area contributed by atoms with Crippen LogP contribution in [0.5, 0.6) is 0 Å². The molecule has 202 valence electrons. The third-order valence-corrected chi connectivity index (χ3v) is 7.23. The van der Waals surface area contributed by atoms with Crippen molar-refractivity contribution in [2.75, 3.05) is 9.80 Å². The summed E-state index contributed by atoms with van der Waals surface area (Å²) < 4.78 is 41.6. The lowest BCUT2D eigenvalue weighted by molar-refractivity contribution is -0.133. The van der Waals surface area contributed by atoms with Gasteiger partial charge in [-0.25, -0.2) is 13.2 Å². The van der Waals surface area contributed by atoms with Gasteiger partial charge in [-0.1, -0.05) is 35.9 Å². The minimum absolute atomic E-state index is 0.0458. The Labute approximate surface area is 227 Å². The van der Waals surface area contributed by atoms with Gasteiger partial charge in [0.05, 0.1) is 11.9 Å². The van der Waals surface area contributed by atoms with Crippen molar-refractivity contribution in [1.82, 2.24) is 10.3 Å². The van der Waals surface area contributed by atoms with Gasteiger partial charge in [-0.3, -0.25) is 29.2 Å². The Kier molecular flexibility index (Phi) is 7.31. The zero-order valence-electron chi connectivity index (χ0n) is 20.6. The van der Waals surface area contributed by atoms with Gasteiger partial charge >= 0.3 is 0 Å². The summed E-state index contributed by atoms with van der Waals surface area (Å²) in [6, 6.07) is 11.5. The SMILES string of the molecule is O=C(NC1CC(F)(F)C1)C(c1ccccc1Cl)N(C(=O)C1CCC(=O)N1c1cccnc1)c1cccc(F)c1. The van der Waals surface area contributed by atoms with Crippen molar-refractivity contribution in [3.63, 3.8) is 0 Å². The Hall–Kier alpha value is -3.92. The van der Waals surface area contributed by atoms with Gasteiger partial charge in [-0.2, -0.15) is 0 Å². The molecule has 2 fully saturated rings. The van der Waals surface area contributed by atoms with E-state index in [-0.39, 0.29) is 35.0 Å². The molecule has 2 unspecified atom stereocenters. The van der Waals surface area contributed by atoms with Gasteiger partial charge in [0.15, 0.2) is 0 Å². The predicted molar refractivity (Wildman–Crippen MR) is 139 cm³/mol. The third-order valence-electron chi connectivity index (χ3n) is 6.89. The highest BCUT2D eigenvalue weighted by Crippen LogP contribution is 2.39. The van der Waals surface area contributed by atoms with Gasteiger partial charge in [0, 0.05) is 47.8 Å². The molecule has 11 heteroatoms. The number of rotatable bonds is 7. The van der Waals surface area contributed by atoms with Crippen molar-refractivity contribution in [2.24, 2.45) is 0 Å². The van der Waals surface area contributed by atoms with E-state index >= 15 is 0 Å². The minimum atomic E-state index is -2.88. The van der Waals surface area contributed by atoms with Crippen molar-refractivity contribution in [1.29, 1.82) is 0 Å². The van der Waals surface area contributed by atoms with E-state index in [1.165, 1.54) is 41.6 Å². The van der Waals surface area contributed by atoms with E-state index < -0.39 is 54.5 Å². The number of pyridine rings is 1. The molecule has 1 N–H and O–H groups in total. The number of amides is 3. The third kappa shape index (κ3) is 5.47. The number of hydrogen-bond donors (Lipinski definition) is 1. The van der Waals surface area contributed by atoms with Crippen molar-refractivity contribution in [2.45, 2.75) is 49.7 Å². The summed E-state index contributed by atoms with van der Waals surface area (Å²) in [4.78, 5) is 47.4. The zero-order valence-corrected chi connectivity index (χ0v) is 21.3. The lowest BCUT2D eigenvalue weighted by atomic mass is 9.87. The number of carbonyl (C=O) groups is 3. The molecule has 1 aliphatic carbocycles. The Balaban J connectivity index is 1.60. The second-order valence-electron chi connectivity index (χ2n) is 9.61. The second-order valence-corrected chi connectivity index (χ2v) is 10.0. The summed E-state index contributed by atoms with van der Waals surface area (Å²) in [6.45, 7) is 0. The van der Waals surface area contributed by atoms with Gasteiger partial charge in [0.25, 0.3) is 11.8 Å². The Morgan fingerprint density at radius 3 is 2.54 bits per heavy atom. The first-order valence-corrected chi connectivity index (χ1v) is 12.8. The summed E-state index contributed by atoms with van der Waals surface area (Å²) in [5.74, 6) is -5.26. The normalized spacial score (nSPS) is 19.3. The first kappa shape index (κ1) is 26.7. The molecule has 0 bridgehead atoms. The molecule has 5 rings (SSSR count). The Bertz CT molecular complexity index is 1400. The van der Waals surface area contributed by atoms with Crippen LogP contribution in [0.3, 0.4) is 0 Å². The van der Waals surface area contributed by atoms with E-state index in [0.717, 1.165) is 11.0 Å². The van der Waals surface area contributed by atoms with Crippen molar-refractivity contribution < 1.29 is 27.6 Å². The lowest BCUT2D eigenvalue weighted by Crippen LogP contribution is -2.56. The molecule has 1 aromatic heterocycles. The summed E-state index contributed by atoms with van der Waals surface area (Å²) in [6.07, 6.45) is 2.13. The highest BCUT2D eigenvalue weighted by Gasteiger charge is 2.48. The predicted octanol–water partition coefficient (Wildman–Crippen LogP) is 5.06. The van der Waals surface area contributed by atoms with Crippen LogP contribution in [-0.4, -0.2) is 40.7 Å². The maximum Gasteiger partial charge on any atom is 0.252 e. The van der Waals surface area contributed by atoms with E-state index in [1.807, 2.05) is 0 Å². The molecule has 3 amide bonds. The number of nitrogens with one attached hydrogen (secondary N) is 1. The number of benzene rings is 2. The minimum Gasteiger partial charge on any atom is -0.351 e. The monoisotopic (exact) mass is 556 g/mol. The van der Waals surface area contributed by atoms with Crippen molar-refractivity contribution in [3.05, 3.63) is 89.5 Å². The molecule has 7 nitrogen and oxygen atoms in total. The van der Waals surface area contributed by atoms with E-state index in [1.54, 1.807) is 30.3 Å². The van der Waals surface area contributed by atoms with E-state index in [4.69, 9.17) is 11.6 Å². The van der Waals surface area contributed by atoms with Crippen LogP contribution in [0.4, 0.5) is 24.5 Å². The number of carbonyl (C=O) groups excluding carboxylic acids is 3. The van der Waals surface area contributed by atoms with Crippen LogP contribution < -0.4 is 15.1 Å². The molecule has 39 heavy (non-hydrogen) atoms. The standard InChI is InChI=1S/C28H24ClF3N4O3/c29-22-9-2-1-8-21(22)25(26(38)34-18-14-28(31,32)15-18)36(19-6-3-5-17(30)13-19)27(39)23-10-11-24(37)35(23)20-7-4-12-33-16-20/h1-9,12-13,16,18,23,25H,10-11,14-15H2,(H,34,38). The zero-order chi connectivity index (χ0) is 27.7. The molecule has 1 saturated heterocycles. The first-order chi connectivity index (χ1) is 18.6. The number of aromatic nitrogens is 1. The molecular weight excluding hydrogens is 533 g/mol. The number of halogens is 4. The smallest absolute Gasteiger partial charge is 0.252 e. The molecular formula is C28H24ClF3N4O3. The number of nitrogens with zero attached hydrogens (tertiary/aromatic N) is 3. The number of hydrogen-bond acceptors (Lipinski definition) is 4. The van der Waals surface area contributed by atoms with Crippen LogP contribution >= 0.6 is 11.6 Å². The number of anilines is 2. The summed E-state index contributed by atoms with van der Waals surface area (Å²) in [7, 11) is 0. The average molecular weight is 557 g/mol. The molecule has 2 aliphatic rings. The van der Waals surface area contributed by atoms with Crippen molar-refractivity contribution >= 4 is 40.7 Å². The molecule has 1 aliphatic heterocycles. The molecule has 0 spiro atoms. The van der Waals surface area contributed by atoms with Crippen LogP contribution in [0.2, 0.25) is 5.02 Å². The fourth-order valence-electron chi connectivity index (χ4n) is 5.07. The van der Waals surface area contributed by atoms with Gasteiger partial charge in [-0.15, -0.1) is 0 Å². The summed E-state index contributed by atoms with van der Waals surface area (Å²) >= 11 is 6.48. The average Bonchev–Trinajstić information content (AvgIpc) is 3.28. The molecule has 2 aromatic carbocycles. The largest absolute Gasteiger partial charge is 0.351 e. The van der Waals surface area contributed by atoms with Crippen molar-refractivity contribution in [3.8, 4) is 0 Å².